The number of carbonyl (C=O) groups is 2. The van der Waals surface area contributed by atoms with E-state index < -0.39 is 0 Å². The molecule has 0 spiro atoms. The molecule has 1 aliphatic rings. The lowest BCUT2D eigenvalue weighted by Gasteiger charge is -2.24. The molecule has 180 valence electrons. The third kappa shape index (κ3) is 5.60. The average Bonchev–Trinajstić information content (AvgIpc) is 2.89. The molecule has 0 aromatic heterocycles. The number of nitrogens with two attached hydrogens (primary N) is 1. The van der Waals surface area contributed by atoms with E-state index in [2.05, 4.69) is 10.4 Å². The van der Waals surface area contributed by atoms with Crippen molar-refractivity contribution in [3.8, 4) is 11.5 Å². The molecule has 3 N–H and O–H groups in total. The van der Waals surface area contributed by atoms with Gasteiger partial charge in [-0.25, -0.2) is 5.01 Å². The first-order chi connectivity index (χ1) is 17.0. The van der Waals surface area contributed by atoms with Gasteiger partial charge in [0.05, 0.1) is 19.4 Å². The molecule has 0 bridgehead atoms. The molecule has 1 heterocycles. The summed E-state index contributed by atoms with van der Waals surface area (Å²) in [4.78, 5) is 25.5. The van der Waals surface area contributed by atoms with Gasteiger partial charge >= 0.3 is 0 Å². The molecular formula is C27H28N4O4. The Balaban J connectivity index is 1.47. The Morgan fingerprint density at radius 2 is 1.71 bits per heavy atom. The van der Waals surface area contributed by atoms with Crippen molar-refractivity contribution in [2.75, 3.05) is 31.3 Å². The van der Waals surface area contributed by atoms with E-state index >= 15 is 0 Å². The van der Waals surface area contributed by atoms with Gasteiger partial charge in [0.2, 0.25) is 0 Å². The fraction of sp³-hybridized carbons (Fsp3) is 0.222. The molecule has 8 nitrogen and oxygen atoms in total. The van der Waals surface area contributed by atoms with Crippen molar-refractivity contribution in [3.63, 3.8) is 0 Å². The molecule has 35 heavy (non-hydrogen) atoms. The van der Waals surface area contributed by atoms with Crippen molar-refractivity contribution in [1.29, 1.82) is 0 Å². The number of anilines is 2. The lowest BCUT2D eigenvalue weighted by atomic mass is 10.0. The smallest absolute Gasteiger partial charge is 0.273 e. The van der Waals surface area contributed by atoms with Gasteiger partial charge in [-0.15, -0.1) is 0 Å². The zero-order valence-corrected chi connectivity index (χ0v) is 19.8. The standard InChI is InChI=1S/C27H28N4O4/c1-3-35-25-17-20(10-15-24(25)34-2)23-5-4-16-31(30-23)27(33)19-8-13-22(14-9-19)29-26(32)18-6-11-21(28)12-7-18/h6-15,17H,3-5,16,28H2,1-2H3,(H,29,32). The van der Waals surface area contributed by atoms with Crippen molar-refractivity contribution >= 4 is 28.9 Å². The van der Waals surface area contributed by atoms with Crippen molar-refractivity contribution in [2.45, 2.75) is 19.8 Å². The van der Waals surface area contributed by atoms with E-state index in [1.54, 1.807) is 55.6 Å². The van der Waals surface area contributed by atoms with E-state index in [0.717, 1.165) is 24.1 Å². The van der Waals surface area contributed by atoms with Crippen LogP contribution < -0.4 is 20.5 Å². The molecule has 3 aromatic rings. The first kappa shape index (κ1) is 23.8. The maximum Gasteiger partial charge on any atom is 0.273 e. The van der Waals surface area contributed by atoms with Gasteiger partial charge in [0.25, 0.3) is 11.8 Å². The minimum Gasteiger partial charge on any atom is -0.493 e. The number of benzene rings is 3. The van der Waals surface area contributed by atoms with Crippen molar-refractivity contribution < 1.29 is 19.1 Å². The second-order valence-corrected chi connectivity index (χ2v) is 8.03. The van der Waals surface area contributed by atoms with Gasteiger partial charge in [-0.2, -0.15) is 5.10 Å². The highest BCUT2D eigenvalue weighted by atomic mass is 16.5. The first-order valence-corrected chi connectivity index (χ1v) is 11.5. The zero-order valence-electron chi connectivity index (χ0n) is 19.8. The van der Waals surface area contributed by atoms with Crippen LogP contribution in [0.25, 0.3) is 0 Å². The summed E-state index contributed by atoms with van der Waals surface area (Å²) in [6.45, 7) is 2.97. The number of carbonyl (C=O) groups excluding carboxylic acids is 2. The number of hydrazone groups is 1. The summed E-state index contributed by atoms with van der Waals surface area (Å²) in [5.74, 6) is 0.858. The second-order valence-electron chi connectivity index (χ2n) is 8.03. The highest BCUT2D eigenvalue weighted by Crippen LogP contribution is 2.29. The molecule has 0 unspecified atom stereocenters. The van der Waals surface area contributed by atoms with Crippen molar-refractivity contribution in [1.82, 2.24) is 5.01 Å². The molecule has 3 aromatic carbocycles. The fourth-order valence-electron chi connectivity index (χ4n) is 3.80. The van der Waals surface area contributed by atoms with Gasteiger partial charge in [0, 0.05) is 34.6 Å². The molecule has 0 saturated heterocycles. The van der Waals surface area contributed by atoms with Crippen LogP contribution in [-0.2, 0) is 0 Å². The van der Waals surface area contributed by atoms with Gasteiger partial charge in [-0.1, -0.05) is 0 Å². The molecule has 0 fully saturated rings. The molecule has 0 saturated carbocycles. The summed E-state index contributed by atoms with van der Waals surface area (Å²) >= 11 is 0. The van der Waals surface area contributed by atoms with Gasteiger partial charge in [0.15, 0.2) is 11.5 Å². The fourth-order valence-corrected chi connectivity index (χ4v) is 3.80. The zero-order chi connectivity index (χ0) is 24.8. The molecule has 1 aliphatic heterocycles. The molecule has 0 aliphatic carbocycles. The Morgan fingerprint density at radius 3 is 2.40 bits per heavy atom. The van der Waals surface area contributed by atoms with Crippen molar-refractivity contribution in [2.24, 2.45) is 5.10 Å². The van der Waals surface area contributed by atoms with E-state index in [-0.39, 0.29) is 11.8 Å². The Bertz CT molecular complexity index is 1240. The van der Waals surface area contributed by atoms with Crippen molar-refractivity contribution in [3.05, 3.63) is 83.4 Å². The molecule has 0 atom stereocenters. The predicted octanol–water partition coefficient (Wildman–Crippen LogP) is 4.57. The number of hydrogen-bond donors (Lipinski definition) is 2. The quantitative estimate of drug-likeness (QED) is 0.490. The van der Waals surface area contributed by atoms with E-state index in [1.165, 1.54) is 5.01 Å². The van der Waals surface area contributed by atoms with Gasteiger partial charge in [-0.05, 0) is 86.5 Å². The SMILES string of the molecule is CCOc1cc(C2=NN(C(=O)c3ccc(NC(=O)c4ccc(N)cc4)cc3)CCC2)ccc1OC. The number of rotatable bonds is 7. The van der Waals surface area contributed by atoms with E-state index in [9.17, 15) is 9.59 Å². The molecule has 4 rings (SSSR count). The number of hydrogen-bond acceptors (Lipinski definition) is 6. The lowest BCUT2D eigenvalue weighted by Crippen LogP contribution is -2.32. The van der Waals surface area contributed by atoms with Crippen LogP contribution >= 0.6 is 0 Å². The maximum absolute atomic E-state index is 13.1. The average molecular weight is 473 g/mol. The van der Waals surface area contributed by atoms with Gasteiger partial charge in [-0.3, -0.25) is 9.59 Å². The highest BCUT2D eigenvalue weighted by Gasteiger charge is 2.21. The number of nitrogens with one attached hydrogen (secondary N) is 1. The van der Waals surface area contributed by atoms with Crippen LogP contribution in [0.1, 0.15) is 46.0 Å². The van der Waals surface area contributed by atoms with Crippen LogP contribution in [-0.4, -0.2) is 42.8 Å². The summed E-state index contributed by atoms with van der Waals surface area (Å²) in [7, 11) is 1.60. The number of nitrogen functional groups attached to an aromatic ring is 1. The number of nitrogens with zero attached hydrogens (tertiary/aromatic N) is 2. The highest BCUT2D eigenvalue weighted by molar-refractivity contribution is 6.05. The lowest BCUT2D eigenvalue weighted by molar-refractivity contribution is 0.0751. The van der Waals surface area contributed by atoms with E-state index in [1.807, 2.05) is 25.1 Å². The summed E-state index contributed by atoms with van der Waals surface area (Å²) in [5.41, 5.74) is 9.56. The minimum atomic E-state index is -0.250. The minimum absolute atomic E-state index is 0.197. The van der Waals surface area contributed by atoms with Crippen LogP contribution in [0.5, 0.6) is 11.5 Å². The van der Waals surface area contributed by atoms with Crippen LogP contribution in [0.3, 0.4) is 0 Å². The Morgan fingerprint density at radius 1 is 1.00 bits per heavy atom. The molecule has 8 heteroatoms. The third-order valence-electron chi connectivity index (χ3n) is 5.62. The normalized spacial score (nSPS) is 13.1. The Hall–Kier alpha value is -4.33. The first-order valence-electron chi connectivity index (χ1n) is 11.5. The topological polar surface area (TPSA) is 106 Å². The summed E-state index contributed by atoms with van der Waals surface area (Å²) < 4.78 is 11.0. The molecule has 0 radical (unpaired) electrons. The van der Waals surface area contributed by atoms with Crippen LogP contribution in [0.4, 0.5) is 11.4 Å². The van der Waals surface area contributed by atoms with Gasteiger partial charge < -0.3 is 20.5 Å². The predicted molar refractivity (Wildman–Crippen MR) is 136 cm³/mol. The van der Waals surface area contributed by atoms with Crippen LogP contribution in [0, 0.1) is 0 Å². The van der Waals surface area contributed by atoms with Crippen LogP contribution in [0.15, 0.2) is 71.8 Å². The Labute approximate surface area is 204 Å². The number of methoxy groups -OCH3 is 1. The number of ether oxygens (including phenoxy) is 2. The largest absolute Gasteiger partial charge is 0.493 e. The summed E-state index contributed by atoms with van der Waals surface area (Å²) in [6.07, 6.45) is 1.56. The summed E-state index contributed by atoms with van der Waals surface area (Å²) in [5, 5.41) is 8.94. The Kier molecular flexibility index (Phi) is 7.30. The monoisotopic (exact) mass is 472 g/mol. The van der Waals surface area contributed by atoms with E-state index in [4.69, 9.17) is 15.2 Å². The number of amides is 2. The van der Waals surface area contributed by atoms with E-state index in [0.29, 0.717) is 47.2 Å². The molecule has 2 amide bonds. The summed E-state index contributed by atoms with van der Waals surface area (Å²) in [6, 6.07) is 19.1. The van der Waals surface area contributed by atoms with Gasteiger partial charge in [0.1, 0.15) is 0 Å². The third-order valence-corrected chi connectivity index (χ3v) is 5.62. The maximum atomic E-state index is 13.1. The molecular weight excluding hydrogens is 444 g/mol. The van der Waals surface area contributed by atoms with Crippen LogP contribution in [0.2, 0.25) is 0 Å². The second kappa shape index (κ2) is 10.7.